The second-order valence-electron chi connectivity index (χ2n) is 10.1. The molecule has 38 heavy (non-hydrogen) atoms. The zero-order chi connectivity index (χ0) is 27.0. The van der Waals surface area contributed by atoms with E-state index >= 15 is 0 Å². The molecule has 0 saturated carbocycles. The van der Waals surface area contributed by atoms with Crippen molar-refractivity contribution < 1.29 is 34.7 Å². The van der Waals surface area contributed by atoms with Crippen molar-refractivity contribution in [2.75, 3.05) is 0 Å². The van der Waals surface area contributed by atoms with E-state index < -0.39 is 29.0 Å². The molecule has 5 N–H and O–H groups in total. The zero-order valence-electron chi connectivity index (χ0n) is 20.5. The van der Waals surface area contributed by atoms with Crippen molar-refractivity contribution in [3.63, 3.8) is 0 Å². The van der Waals surface area contributed by atoms with Crippen LogP contribution in [0.25, 0.3) is 32.7 Å². The third-order valence-electron chi connectivity index (χ3n) is 7.84. The molecule has 1 aliphatic carbocycles. The van der Waals surface area contributed by atoms with Crippen LogP contribution in [-0.4, -0.2) is 31.3 Å². The minimum atomic E-state index is -0.548. The molecule has 0 spiro atoms. The summed E-state index contributed by atoms with van der Waals surface area (Å²) >= 11 is 0. The van der Waals surface area contributed by atoms with Gasteiger partial charge in [-0.2, -0.15) is 0 Å². The lowest BCUT2D eigenvalue weighted by molar-refractivity contribution is 0.0951. The highest BCUT2D eigenvalue weighted by Gasteiger charge is 2.39. The number of hydrogen-bond acceptors (Lipinski definition) is 8. The van der Waals surface area contributed by atoms with Crippen molar-refractivity contribution in [3.05, 3.63) is 75.4 Å². The van der Waals surface area contributed by atoms with Crippen LogP contribution in [0.4, 0.5) is 0 Å². The first-order valence-electron chi connectivity index (χ1n) is 12.2. The molecule has 5 aromatic rings. The molecular formula is C30H24O8. The van der Waals surface area contributed by atoms with Crippen LogP contribution in [0.5, 0.6) is 28.7 Å². The number of phenols is 5. The van der Waals surface area contributed by atoms with E-state index in [9.17, 15) is 35.1 Å². The van der Waals surface area contributed by atoms with Gasteiger partial charge in [-0.1, -0.05) is 26.0 Å². The normalized spacial score (nSPS) is 17.4. The van der Waals surface area contributed by atoms with E-state index in [-0.39, 0.29) is 51.7 Å². The number of carbonyl (C=O) groups excluding carboxylic acids is 1. The minimum absolute atomic E-state index is 0.0460. The number of hydrogen-bond donors (Lipinski definition) is 5. The molecule has 0 fully saturated rings. The van der Waals surface area contributed by atoms with Crippen molar-refractivity contribution in [2.24, 2.45) is 5.92 Å². The molecule has 3 atom stereocenters. The van der Waals surface area contributed by atoms with Crippen LogP contribution in [-0.2, 0) is 0 Å². The van der Waals surface area contributed by atoms with Gasteiger partial charge >= 0.3 is 0 Å². The third kappa shape index (κ3) is 3.16. The summed E-state index contributed by atoms with van der Waals surface area (Å²) in [6, 6.07) is 11.4. The second-order valence-corrected chi connectivity index (χ2v) is 10.1. The molecule has 192 valence electrons. The van der Waals surface area contributed by atoms with Crippen LogP contribution in [0.3, 0.4) is 0 Å². The molecule has 4 aromatic carbocycles. The van der Waals surface area contributed by atoms with E-state index in [0.29, 0.717) is 32.9 Å². The lowest BCUT2D eigenvalue weighted by Gasteiger charge is -2.36. The Morgan fingerprint density at radius 1 is 0.789 bits per heavy atom. The fraction of sp³-hybridized carbons (Fsp3) is 0.200. The Balaban J connectivity index is 1.67. The van der Waals surface area contributed by atoms with Crippen LogP contribution in [0.1, 0.15) is 53.6 Å². The van der Waals surface area contributed by atoms with Crippen molar-refractivity contribution >= 4 is 38.5 Å². The third-order valence-corrected chi connectivity index (χ3v) is 7.84. The van der Waals surface area contributed by atoms with Crippen LogP contribution in [0, 0.1) is 5.92 Å². The van der Waals surface area contributed by atoms with E-state index in [0.717, 1.165) is 6.07 Å². The Labute approximate surface area is 215 Å². The fourth-order valence-electron chi connectivity index (χ4n) is 6.37. The molecule has 6 rings (SSSR count). The maximum atomic E-state index is 13.3. The van der Waals surface area contributed by atoms with Crippen molar-refractivity contribution in [3.8, 4) is 28.7 Å². The molecule has 1 aliphatic rings. The molecule has 3 unspecified atom stereocenters. The van der Waals surface area contributed by atoms with Gasteiger partial charge in [0, 0.05) is 34.9 Å². The molecule has 1 aromatic heterocycles. The van der Waals surface area contributed by atoms with Gasteiger partial charge in [0.2, 0.25) is 0 Å². The van der Waals surface area contributed by atoms with Crippen LogP contribution in [0.15, 0.2) is 57.7 Å². The predicted molar refractivity (Wildman–Crippen MR) is 142 cm³/mol. The summed E-state index contributed by atoms with van der Waals surface area (Å²) in [6.07, 6.45) is -0.0697. The van der Waals surface area contributed by atoms with Crippen molar-refractivity contribution in [2.45, 2.75) is 32.1 Å². The van der Waals surface area contributed by atoms with Gasteiger partial charge < -0.3 is 29.9 Å². The summed E-state index contributed by atoms with van der Waals surface area (Å²) in [6.45, 7) is 3.70. The van der Waals surface area contributed by atoms with Gasteiger partial charge in [-0.05, 0) is 47.6 Å². The summed E-state index contributed by atoms with van der Waals surface area (Å²) in [5.41, 5.74) is 0.973. The topological polar surface area (TPSA) is 148 Å². The minimum Gasteiger partial charge on any atom is -0.507 e. The van der Waals surface area contributed by atoms with Crippen LogP contribution < -0.4 is 5.43 Å². The van der Waals surface area contributed by atoms with Gasteiger partial charge in [0.05, 0.1) is 10.8 Å². The number of benzene rings is 4. The smallest absolute Gasteiger partial charge is 0.193 e. The van der Waals surface area contributed by atoms with Gasteiger partial charge in [-0.15, -0.1) is 0 Å². The number of Topliss-reactive ketones (excluding diaryl/α,β-unsaturated/α-hetero) is 1. The first kappa shape index (κ1) is 23.7. The zero-order valence-corrected chi connectivity index (χ0v) is 20.5. The Bertz CT molecular complexity index is 1860. The van der Waals surface area contributed by atoms with E-state index in [4.69, 9.17) is 4.42 Å². The molecule has 8 nitrogen and oxygen atoms in total. The maximum absolute atomic E-state index is 13.3. The fourth-order valence-corrected chi connectivity index (χ4v) is 6.37. The van der Waals surface area contributed by atoms with E-state index in [1.54, 1.807) is 12.1 Å². The highest BCUT2D eigenvalue weighted by atomic mass is 16.3. The maximum Gasteiger partial charge on any atom is 0.193 e. The summed E-state index contributed by atoms with van der Waals surface area (Å²) in [4.78, 5) is 26.2. The average molecular weight is 513 g/mol. The summed E-state index contributed by atoms with van der Waals surface area (Å²) in [7, 11) is 0. The first-order valence-corrected chi connectivity index (χ1v) is 12.2. The second kappa shape index (κ2) is 8.14. The Kier molecular flexibility index (Phi) is 5.07. The molecule has 0 bridgehead atoms. The summed E-state index contributed by atoms with van der Waals surface area (Å²) in [5.74, 6) is -3.03. The van der Waals surface area contributed by atoms with Crippen molar-refractivity contribution in [1.82, 2.24) is 0 Å². The molecule has 0 aliphatic heterocycles. The van der Waals surface area contributed by atoms with Gasteiger partial charge in [0.25, 0.3) is 0 Å². The Morgan fingerprint density at radius 3 is 2.16 bits per heavy atom. The number of fused-ring (bicyclic) bond motifs is 2. The number of aromatic hydroxyl groups is 5. The van der Waals surface area contributed by atoms with E-state index in [2.05, 4.69) is 0 Å². The monoisotopic (exact) mass is 512 g/mol. The Hall–Kier alpha value is -4.72. The molecule has 0 saturated heterocycles. The molecule has 0 amide bonds. The SMILES string of the molecule is CC(CC(=O)c1c(O)cccc1O)C1c2c3c(O)cccc3oc3cc(O)c4c(=O)cc(O)c(c4c23)C1C. The predicted octanol–water partition coefficient (Wildman–Crippen LogP) is 5.74. The lowest BCUT2D eigenvalue weighted by atomic mass is 9.67. The molecule has 0 radical (unpaired) electrons. The number of carbonyl (C=O) groups is 1. The van der Waals surface area contributed by atoms with E-state index in [1.807, 2.05) is 13.8 Å². The van der Waals surface area contributed by atoms with E-state index in [1.165, 1.54) is 30.3 Å². The highest BCUT2D eigenvalue weighted by molar-refractivity contribution is 6.17. The highest BCUT2D eigenvalue weighted by Crippen LogP contribution is 2.56. The van der Waals surface area contributed by atoms with Gasteiger partial charge in [0.1, 0.15) is 45.5 Å². The molecule has 1 heterocycles. The average Bonchev–Trinajstić information content (AvgIpc) is 2.83. The van der Waals surface area contributed by atoms with Gasteiger partial charge in [0.15, 0.2) is 11.2 Å². The van der Waals surface area contributed by atoms with Crippen molar-refractivity contribution in [1.29, 1.82) is 0 Å². The molecular weight excluding hydrogens is 488 g/mol. The lowest BCUT2D eigenvalue weighted by Crippen LogP contribution is -2.24. The quantitative estimate of drug-likeness (QED) is 0.116. The largest absolute Gasteiger partial charge is 0.507 e. The number of ketones is 1. The summed E-state index contributed by atoms with van der Waals surface area (Å²) < 4.78 is 6.07. The standard InChI is InChI=1S/C30H24O8/c1-12(9-17(34)25-14(31)5-3-6-15(25)32)23-13(2)24-18(35)10-19(36)26-20(37)11-22-28(30(24)26)29(23)27-16(33)7-4-8-21(27)38-22/h3-8,10-13,23,31-33,35,37H,9H2,1-2H3. The first-order chi connectivity index (χ1) is 18.1. The van der Waals surface area contributed by atoms with Crippen LogP contribution >= 0.6 is 0 Å². The Morgan fingerprint density at radius 2 is 1.45 bits per heavy atom. The molecule has 8 heteroatoms. The summed E-state index contributed by atoms with van der Waals surface area (Å²) in [5, 5.41) is 54.5. The van der Waals surface area contributed by atoms with Gasteiger partial charge in [-0.3, -0.25) is 9.59 Å². The van der Waals surface area contributed by atoms with Gasteiger partial charge in [-0.25, -0.2) is 0 Å². The number of rotatable bonds is 4. The van der Waals surface area contributed by atoms with Crippen LogP contribution in [0.2, 0.25) is 0 Å². The number of phenolic OH excluding ortho intramolecular Hbond substituents is 5.